The van der Waals surface area contributed by atoms with Crippen molar-refractivity contribution in [3.63, 3.8) is 0 Å². The Kier molecular flexibility index (Phi) is 1.78. The van der Waals surface area contributed by atoms with E-state index < -0.39 is 0 Å². The van der Waals surface area contributed by atoms with Crippen molar-refractivity contribution in [1.82, 2.24) is 15.2 Å². The molecule has 8 heavy (non-hydrogen) atoms. The topological polar surface area (TPSA) is 125 Å². The minimum Gasteiger partial charge on any atom is -0.412 e. The maximum atomic E-state index is 5.07. The van der Waals surface area contributed by atoms with E-state index in [1.165, 1.54) is 0 Å². The molecule has 0 radical (unpaired) electrons. The first-order chi connectivity index (χ1) is 3.29. The molecule has 0 amide bonds. The maximum Gasteiger partial charge on any atom is 0.241 e. The van der Waals surface area contributed by atoms with Crippen LogP contribution in [0.4, 0.5) is 11.9 Å². The quantitative estimate of drug-likeness (QED) is 0.368. The molecule has 7 N–H and O–H groups in total. The van der Waals surface area contributed by atoms with Crippen LogP contribution in [0.2, 0.25) is 0 Å². The lowest BCUT2D eigenvalue weighted by Gasteiger charge is -1.69. The molecule has 0 unspecified atom stereocenters. The first-order valence-electron chi connectivity index (χ1n) is 1.72. The predicted molar refractivity (Wildman–Crippen MR) is 28.8 cm³/mol. The van der Waals surface area contributed by atoms with Crippen LogP contribution in [-0.2, 0) is 0 Å². The summed E-state index contributed by atoms with van der Waals surface area (Å²) >= 11 is 0. The van der Waals surface area contributed by atoms with Gasteiger partial charge in [-0.2, -0.15) is 4.98 Å². The van der Waals surface area contributed by atoms with E-state index in [0.717, 1.165) is 0 Å². The van der Waals surface area contributed by atoms with Gasteiger partial charge in [0.05, 0.1) is 0 Å². The average Bonchev–Trinajstić information content (AvgIpc) is 1.87. The number of nitrogens with one attached hydrogen (secondary N) is 1. The van der Waals surface area contributed by atoms with Crippen LogP contribution in [0.1, 0.15) is 0 Å². The molecule has 6 heteroatoms. The van der Waals surface area contributed by atoms with Gasteiger partial charge < -0.3 is 16.9 Å². The fourth-order valence-corrected chi connectivity index (χ4v) is 0.288. The first-order valence-corrected chi connectivity index (χ1v) is 1.72. The maximum absolute atomic E-state index is 5.07. The van der Waals surface area contributed by atoms with Gasteiger partial charge in [-0.1, -0.05) is 0 Å². The summed E-state index contributed by atoms with van der Waals surface area (Å²) in [7, 11) is 0. The van der Waals surface area contributed by atoms with Crippen LogP contribution in [0, 0.1) is 0 Å². The first kappa shape index (κ1) is 6.70. The molecule has 6 nitrogen and oxygen atoms in total. The van der Waals surface area contributed by atoms with Crippen molar-refractivity contribution in [3.8, 4) is 0 Å². The highest BCUT2D eigenvalue weighted by Gasteiger charge is 1.87. The second-order valence-corrected chi connectivity index (χ2v) is 1.08. The molecule has 0 atom stereocenters. The zero-order chi connectivity index (χ0) is 5.28. The summed E-state index contributed by atoms with van der Waals surface area (Å²) in [5.41, 5.74) is 10.1. The number of rotatable bonds is 0. The van der Waals surface area contributed by atoms with Gasteiger partial charge in [-0.25, -0.2) is 5.10 Å². The lowest BCUT2D eigenvalue weighted by atomic mass is 11.0. The van der Waals surface area contributed by atoms with E-state index in [1.54, 1.807) is 0 Å². The zero-order valence-electron chi connectivity index (χ0n) is 4.05. The molecule has 1 rings (SSSR count). The van der Waals surface area contributed by atoms with E-state index in [0.29, 0.717) is 0 Å². The summed E-state index contributed by atoms with van der Waals surface area (Å²) in [6, 6.07) is 0. The Morgan fingerprint density at radius 1 is 1.38 bits per heavy atom. The molecule has 0 aliphatic rings. The number of nitrogen functional groups attached to an aromatic ring is 2. The van der Waals surface area contributed by atoms with Gasteiger partial charge in [0, 0.05) is 0 Å². The van der Waals surface area contributed by atoms with Crippen LogP contribution in [0.3, 0.4) is 0 Å². The molecule has 1 aromatic rings. The zero-order valence-corrected chi connectivity index (χ0v) is 4.05. The average molecular weight is 117 g/mol. The van der Waals surface area contributed by atoms with Crippen molar-refractivity contribution >= 4 is 11.9 Å². The second-order valence-electron chi connectivity index (χ2n) is 1.08. The minimum absolute atomic E-state index is 0. The Morgan fingerprint density at radius 2 is 2.00 bits per heavy atom. The normalized spacial score (nSPS) is 8.00. The van der Waals surface area contributed by atoms with E-state index in [1.807, 2.05) is 0 Å². The molecule has 1 aromatic heterocycles. The molecule has 1 heterocycles. The van der Waals surface area contributed by atoms with Crippen LogP contribution in [-0.4, -0.2) is 20.7 Å². The van der Waals surface area contributed by atoms with Gasteiger partial charge in [0.15, 0.2) is 0 Å². The van der Waals surface area contributed by atoms with E-state index in [4.69, 9.17) is 11.5 Å². The third-order valence-electron chi connectivity index (χ3n) is 0.520. The molecule has 0 saturated heterocycles. The fraction of sp³-hybridized carbons (Fsp3) is 0. The molecular formula is C2H7N5O. The summed E-state index contributed by atoms with van der Waals surface area (Å²) < 4.78 is 0. The molecule has 0 aliphatic heterocycles. The molecule has 46 valence electrons. The monoisotopic (exact) mass is 117 g/mol. The van der Waals surface area contributed by atoms with Crippen molar-refractivity contribution < 1.29 is 5.48 Å². The van der Waals surface area contributed by atoms with Crippen molar-refractivity contribution in [2.75, 3.05) is 11.5 Å². The molecule has 0 spiro atoms. The minimum atomic E-state index is 0. The Bertz CT molecular complexity index is 143. The Hall–Kier alpha value is -1.30. The standard InChI is InChI=1S/C2H5N5.H2O/c3-1-5-2(4)7-6-1;/h(H5,3,4,5,6,7);1H2. The van der Waals surface area contributed by atoms with Gasteiger partial charge in [-0.05, 0) is 0 Å². The molecule has 0 aliphatic carbocycles. The molecular weight excluding hydrogens is 110 g/mol. The Morgan fingerprint density at radius 3 is 2.12 bits per heavy atom. The summed E-state index contributed by atoms with van der Waals surface area (Å²) in [5.74, 6) is 0.426. The van der Waals surface area contributed by atoms with Crippen molar-refractivity contribution in [1.29, 1.82) is 0 Å². The Balaban J connectivity index is 0.000000490. The highest BCUT2D eigenvalue weighted by Crippen LogP contribution is 1.89. The van der Waals surface area contributed by atoms with Crippen LogP contribution in [0.5, 0.6) is 0 Å². The number of H-pyrrole nitrogens is 1. The van der Waals surface area contributed by atoms with Crippen molar-refractivity contribution in [2.45, 2.75) is 0 Å². The SMILES string of the molecule is Nc1n[nH]c(N)n1.O. The molecule has 0 fully saturated rings. The lowest BCUT2D eigenvalue weighted by molar-refractivity contribution is 0.824. The second kappa shape index (κ2) is 2.12. The smallest absolute Gasteiger partial charge is 0.241 e. The van der Waals surface area contributed by atoms with Gasteiger partial charge >= 0.3 is 0 Å². The highest BCUT2D eigenvalue weighted by molar-refractivity contribution is 5.23. The van der Waals surface area contributed by atoms with Gasteiger partial charge in [0.25, 0.3) is 0 Å². The number of hydrogen-bond acceptors (Lipinski definition) is 4. The van der Waals surface area contributed by atoms with Gasteiger partial charge in [0.2, 0.25) is 11.9 Å². The van der Waals surface area contributed by atoms with Crippen LogP contribution in [0.25, 0.3) is 0 Å². The number of nitrogens with zero attached hydrogens (tertiary/aromatic N) is 2. The number of hydrogen-bond donors (Lipinski definition) is 3. The van der Waals surface area contributed by atoms with E-state index in [-0.39, 0.29) is 17.4 Å². The van der Waals surface area contributed by atoms with Gasteiger partial charge in [-0.3, -0.25) is 0 Å². The number of nitrogens with two attached hydrogens (primary N) is 2. The third kappa shape index (κ3) is 1.09. The fourth-order valence-electron chi connectivity index (χ4n) is 0.288. The number of aromatic nitrogens is 3. The van der Waals surface area contributed by atoms with Crippen molar-refractivity contribution in [2.24, 2.45) is 0 Å². The third-order valence-corrected chi connectivity index (χ3v) is 0.520. The molecule has 0 saturated carbocycles. The van der Waals surface area contributed by atoms with Gasteiger partial charge in [-0.15, -0.1) is 5.10 Å². The lowest BCUT2D eigenvalue weighted by Crippen LogP contribution is -1.87. The molecule has 0 aromatic carbocycles. The van der Waals surface area contributed by atoms with Crippen LogP contribution >= 0.6 is 0 Å². The summed E-state index contributed by atoms with van der Waals surface area (Å²) in [4.78, 5) is 3.50. The largest absolute Gasteiger partial charge is 0.412 e. The molecule has 0 bridgehead atoms. The highest BCUT2D eigenvalue weighted by atomic mass is 16.0. The summed E-state index contributed by atoms with van der Waals surface area (Å²) in [5, 5.41) is 5.79. The Labute approximate surface area is 45.2 Å². The van der Waals surface area contributed by atoms with E-state index >= 15 is 0 Å². The van der Waals surface area contributed by atoms with Crippen LogP contribution < -0.4 is 11.5 Å². The van der Waals surface area contributed by atoms with Crippen LogP contribution in [0.15, 0.2) is 0 Å². The number of aromatic amines is 1. The number of anilines is 2. The summed E-state index contributed by atoms with van der Waals surface area (Å²) in [6.45, 7) is 0. The summed E-state index contributed by atoms with van der Waals surface area (Å²) in [6.07, 6.45) is 0. The van der Waals surface area contributed by atoms with E-state index in [9.17, 15) is 0 Å². The van der Waals surface area contributed by atoms with E-state index in [2.05, 4.69) is 15.2 Å². The van der Waals surface area contributed by atoms with Crippen molar-refractivity contribution in [3.05, 3.63) is 0 Å². The van der Waals surface area contributed by atoms with Gasteiger partial charge in [0.1, 0.15) is 0 Å². The predicted octanol–water partition coefficient (Wildman–Crippen LogP) is -1.86.